The van der Waals surface area contributed by atoms with E-state index in [1.807, 2.05) is 6.92 Å². The molecule has 3 nitrogen and oxygen atoms in total. The van der Waals surface area contributed by atoms with Crippen molar-refractivity contribution in [2.24, 2.45) is 0 Å². The second-order valence-electron chi connectivity index (χ2n) is 4.99. The van der Waals surface area contributed by atoms with E-state index in [0.717, 1.165) is 32.1 Å². The van der Waals surface area contributed by atoms with Crippen LogP contribution in [0.5, 0.6) is 0 Å². The van der Waals surface area contributed by atoms with Gasteiger partial charge in [-0.15, -0.1) is 0 Å². The number of carbonyl (C=O) groups excluding carboxylic acids is 1. The van der Waals surface area contributed by atoms with Crippen LogP contribution in [0.25, 0.3) is 0 Å². The zero-order chi connectivity index (χ0) is 13.4. The van der Waals surface area contributed by atoms with Crippen molar-refractivity contribution in [1.82, 2.24) is 0 Å². The van der Waals surface area contributed by atoms with Gasteiger partial charge < -0.3 is 9.47 Å². The lowest BCUT2D eigenvalue weighted by molar-refractivity contribution is -0.138. The summed E-state index contributed by atoms with van der Waals surface area (Å²) < 4.78 is 10.6. The molecule has 0 heterocycles. The second kappa shape index (κ2) is 7.49. The molecule has 0 aliphatic heterocycles. The van der Waals surface area contributed by atoms with Crippen LogP contribution in [0.4, 0.5) is 0 Å². The number of hydrogen-bond acceptors (Lipinski definition) is 3. The third-order valence-corrected chi connectivity index (χ3v) is 3.40. The summed E-state index contributed by atoms with van der Waals surface area (Å²) in [5.74, 6) is 0. The minimum Gasteiger partial charge on any atom is -0.457 e. The van der Waals surface area contributed by atoms with Crippen LogP contribution in [-0.2, 0) is 14.3 Å². The highest BCUT2D eigenvalue weighted by atomic mass is 16.5. The van der Waals surface area contributed by atoms with Gasteiger partial charge in [0.05, 0.1) is 5.60 Å². The van der Waals surface area contributed by atoms with Crippen LogP contribution in [0.3, 0.4) is 0 Å². The average Bonchev–Trinajstić information content (AvgIpc) is 2.30. The average molecular weight is 242 g/mol. The van der Waals surface area contributed by atoms with Gasteiger partial charge in [-0.05, 0) is 45.6 Å². The number of hydrogen-bond donors (Lipinski definition) is 0. The first-order valence-corrected chi connectivity index (χ1v) is 6.25. The standard InChI is InChI=1S/C14H26O3/c1-6-9-14(4,16-5)11-8-10-13(3,7-2)17-12-15/h7,12H,2,6,8-11H2,1,3-5H3. The molecule has 0 amide bonds. The Labute approximate surface area is 105 Å². The van der Waals surface area contributed by atoms with E-state index in [1.165, 1.54) is 0 Å². The molecule has 3 heteroatoms. The molecule has 0 radical (unpaired) electrons. The molecule has 2 atom stereocenters. The van der Waals surface area contributed by atoms with Gasteiger partial charge in [0, 0.05) is 7.11 Å². The van der Waals surface area contributed by atoms with Crippen LogP contribution in [0.2, 0.25) is 0 Å². The lowest BCUT2D eigenvalue weighted by atomic mass is 9.90. The van der Waals surface area contributed by atoms with Crippen molar-refractivity contribution in [1.29, 1.82) is 0 Å². The van der Waals surface area contributed by atoms with E-state index in [4.69, 9.17) is 9.47 Å². The Kier molecular flexibility index (Phi) is 7.12. The van der Waals surface area contributed by atoms with Gasteiger partial charge in [-0.1, -0.05) is 19.9 Å². The largest absolute Gasteiger partial charge is 0.457 e. The van der Waals surface area contributed by atoms with Crippen LogP contribution in [0.1, 0.15) is 52.9 Å². The van der Waals surface area contributed by atoms with Gasteiger partial charge in [-0.3, -0.25) is 4.79 Å². The Hall–Kier alpha value is -0.830. The predicted molar refractivity (Wildman–Crippen MR) is 69.9 cm³/mol. The quantitative estimate of drug-likeness (QED) is 0.434. The summed E-state index contributed by atoms with van der Waals surface area (Å²) in [7, 11) is 1.75. The molecule has 0 N–H and O–H groups in total. The zero-order valence-corrected chi connectivity index (χ0v) is 11.6. The monoisotopic (exact) mass is 242 g/mol. The molecule has 17 heavy (non-hydrogen) atoms. The lowest BCUT2D eigenvalue weighted by Gasteiger charge is -2.30. The van der Waals surface area contributed by atoms with Gasteiger partial charge in [0.2, 0.25) is 0 Å². The highest BCUT2D eigenvalue weighted by Gasteiger charge is 2.26. The maximum atomic E-state index is 10.4. The first-order chi connectivity index (χ1) is 7.95. The van der Waals surface area contributed by atoms with Crippen molar-refractivity contribution in [3.8, 4) is 0 Å². The molecule has 0 saturated heterocycles. The smallest absolute Gasteiger partial charge is 0.293 e. The summed E-state index contributed by atoms with van der Waals surface area (Å²) in [6.07, 6.45) is 6.52. The van der Waals surface area contributed by atoms with Gasteiger partial charge in [0.15, 0.2) is 0 Å². The van der Waals surface area contributed by atoms with E-state index < -0.39 is 5.60 Å². The Balaban J connectivity index is 4.18. The molecular weight excluding hydrogens is 216 g/mol. The first kappa shape index (κ1) is 16.2. The third-order valence-electron chi connectivity index (χ3n) is 3.40. The topological polar surface area (TPSA) is 35.5 Å². The maximum absolute atomic E-state index is 10.4. The second-order valence-corrected chi connectivity index (χ2v) is 4.99. The summed E-state index contributed by atoms with van der Waals surface area (Å²) in [6, 6.07) is 0. The fraction of sp³-hybridized carbons (Fsp3) is 0.786. The van der Waals surface area contributed by atoms with E-state index in [-0.39, 0.29) is 5.60 Å². The number of carbonyl (C=O) groups is 1. The molecular formula is C14H26O3. The van der Waals surface area contributed by atoms with Crippen molar-refractivity contribution < 1.29 is 14.3 Å². The van der Waals surface area contributed by atoms with Gasteiger partial charge >= 0.3 is 0 Å². The Morgan fingerprint density at radius 2 is 1.88 bits per heavy atom. The molecule has 2 unspecified atom stereocenters. The van der Waals surface area contributed by atoms with E-state index in [9.17, 15) is 4.79 Å². The Bertz CT molecular complexity index is 240. The fourth-order valence-electron chi connectivity index (χ4n) is 1.99. The molecule has 0 spiro atoms. The SMILES string of the molecule is C=CC(C)(CCCC(C)(CCC)OC)OC=O. The molecule has 0 aromatic rings. The fourth-order valence-corrected chi connectivity index (χ4v) is 1.99. The molecule has 0 saturated carbocycles. The minimum absolute atomic E-state index is 0.0714. The van der Waals surface area contributed by atoms with Crippen LogP contribution in [-0.4, -0.2) is 24.8 Å². The van der Waals surface area contributed by atoms with Crippen molar-refractivity contribution in [2.75, 3.05) is 7.11 Å². The minimum atomic E-state index is -0.553. The summed E-state index contributed by atoms with van der Waals surface area (Å²) in [5, 5.41) is 0. The van der Waals surface area contributed by atoms with Crippen LogP contribution in [0, 0.1) is 0 Å². The molecule has 0 aliphatic rings. The summed E-state index contributed by atoms with van der Waals surface area (Å²) in [5.41, 5.74) is -0.624. The molecule has 0 bridgehead atoms. The highest BCUT2D eigenvalue weighted by molar-refractivity contribution is 5.39. The van der Waals surface area contributed by atoms with Crippen LogP contribution < -0.4 is 0 Å². The number of methoxy groups -OCH3 is 1. The molecule has 100 valence electrons. The van der Waals surface area contributed by atoms with Gasteiger partial charge in [0.1, 0.15) is 5.60 Å². The van der Waals surface area contributed by atoms with E-state index >= 15 is 0 Å². The number of rotatable bonds is 10. The molecule has 0 aliphatic carbocycles. The normalized spacial score (nSPS) is 17.9. The Morgan fingerprint density at radius 1 is 1.24 bits per heavy atom. The van der Waals surface area contributed by atoms with Crippen molar-refractivity contribution in [3.63, 3.8) is 0 Å². The van der Waals surface area contributed by atoms with Crippen LogP contribution >= 0.6 is 0 Å². The van der Waals surface area contributed by atoms with Gasteiger partial charge in [-0.2, -0.15) is 0 Å². The molecule has 0 aromatic carbocycles. The van der Waals surface area contributed by atoms with Crippen LogP contribution in [0.15, 0.2) is 12.7 Å². The summed E-state index contributed by atoms with van der Waals surface area (Å²) in [6.45, 7) is 10.4. The highest BCUT2D eigenvalue weighted by Crippen LogP contribution is 2.27. The molecule has 0 fully saturated rings. The Morgan fingerprint density at radius 3 is 2.29 bits per heavy atom. The van der Waals surface area contributed by atoms with Gasteiger partial charge in [0.25, 0.3) is 6.47 Å². The maximum Gasteiger partial charge on any atom is 0.293 e. The third kappa shape index (κ3) is 5.87. The molecule has 0 aromatic heterocycles. The van der Waals surface area contributed by atoms with E-state index in [1.54, 1.807) is 13.2 Å². The summed E-state index contributed by atoms with van der Waals surface area (Å²) in [4.78, 5) is 10.4. The van der Waals surface area contributed by atoms with E-state index in [0.29, 0.717) is 6.47 Å². The van der Waals surface area contributed by atoms with E-state index in [2.05, 4.69) is 20.4 Å². The van der Waals surface area contributed by atoms with Crippen molar-refractivity contribution >= 4 is 6.47 Å². The van der Waals surface area contributed by atoms with Gasteiger partial charge in [-0.25, -0.2) is 0 Å². The molecule has 0 rings (SSSR count). The number of ether oxygens (including phenoxy) is 2. The predicted octanol–water partition coefficient (Wildman–Crippen LogP) is 3.48. The van der Waals surface area contributed by atoms with Crippen molar-refractivity contribution in [2.45, 2.75) is 64.1 Å². The van der Waals surface area contributed by atoms with Crippen molar-refractivity contribution in [3.05, 3.63) is 12.7 Å². The first-order valence-electron chi connectivity index (χ1n) is 6.25. The zero-order valence-electron chi connectivity index (χ0n) is 11.6. The lowest BCUT2D eigenvalue weighted by Crippen LogP contribution is -2.30. The summed E-state index contributed by atoms with van der Waals surface area (Å²) >= 11 is 0.